The first-order valence-corrected chi connectivity index (χ1v) is 7.03. The van der Waals surface area contributed by atoms with Crippen molar-refractivity contribution in [1.29, 1.82) is 0 Å². The van der Waals surface area contributed by atoms with Crippen LogP contribution in [0, 0.1) is 6.92 Å². The van der Waals surface area contributed by atoms with E-state index in [0.29, 0.717) is 6.54 Å². The zero-order chi connectivity index (χ0) is 14.2. The van der Waals surface area contributed by atoms with Crippen LogP contribution in [0.4, 0.5) is 0 Å². The van der Waals surface area contributed by atoms with Crippen LogP contribution in [0.5, 0.6) is 0 Å². The van der Waals surface area contributed by atoms with Crippen LogP contribution in [0.3, 0.4) is 0 Å². The molecule has 4 heteroatoms. The van der Waals surface area contributed by atoms with Gasteiger partial charge in [-0.25, -0.2) is 9.97 Å². The average molecular weight is 270 g/mol. The highest BCUT2D eigenvalue weighted by atomic mass is 15.1. The molecule has 1 heterocycles. The van der Waals surface area contributed by atoms with Crippen molar-refractivity contribution < 1.29 is 0 Å². The molecule has 1 aromatic carbocycles. The van der Waals surface area contributed by atoms with E-state index in [0.717, 1.165) is 37.6 Å². The van der Waals surface area contributed by atoms with Crippen LogP contribution in [0.1, 0.15) is 23.5 Å². The van der Waals surface area contributed by atoms with Gasteiger partial charge >= 0.3 is 0 Å². The molecular formula is C16H22N4. The van der Waals surface area contributed by atoms with Crippen LogP contribution in [0.15, 0.2) is 42.6 Å². The van der Waals surface area contributed by atoms with Crippen molar-refractivity contribution in [2.45, 2.75) is 26.4 Å². The Morgan fingerprint density at radius 3 is 2.60 bits per heavy atom. The molecule has 0 atom stereocenters. The Hall–Kier alpha value is -1.78. The highest BCUT2D eigenvalue weighted by Crippen LogP contribution is 2.09. The standard InChI is InChI=1S/C16H22N4/c1-14-18-10-8-16(19-14)13-20(11-5-9-17)12-15-6-3-2-4-7-15/h2-4,6-8,10H,5,9,11-13,17H2,1H3. The largest absolute Gasteiger partial charge is 0.330 e. The van der Waals surface area contributed by atoms with Gasteiger partial charge in [-0.15, -0.1) is 0 Å². The third-order valence-corrected chi connectivity index (χ3v) is 3.15. The molecule has 0 fully saturated rings. The topological polar surface area (TPSA) is 55.0 Å². The van der Waals surface area contributed by atoms with Gasteiger partial charge in [-0.1, -0.05) is 30.3 Å². The molecule has 0 amide bonds. The van der Waals surface area contributed by atoms with E-state index in [-0.39, 0.29) is 0 Å². The summed E-state index contributed by atoms with van der Waals surface area (Å²) in [5, 5.41) is 0. The SMILES string of the molecule is Cc1nccc(CN(CCCN)Cc2ccccc2)n1. The monoisotopic (exact) mass is 270 g/mol. The Morgan fingerprint density at radius 2 is 1.90 bits per heavy atom. The molecule has 20 heavy (non-hydrogen) atoms. The van der Waals surface area contributed by atoms with E-state index in [1.807, 2.05) is 25.3 Å². The Morgan fingerprint density at radius 1 is 1.10 bits per heavy atom. The fraction of sp³-hybridized carbons (Fsp3) is 0.375. The first-order valence-electron chi connectivity index (χ1n) is 7.03. The average Bonchev–Trinajstić information content (AvgIpc) is 2.46. The van der Waals surface area contributed by atoms with Gasteiger partial charge in [0.2, 0.25) is 0 Å². The second-order valence-corrected chi connectivity index (χ2v) is 4.93. The lowest BCUT2D eigenvalue weighted by Gasteiger charge is -2.22. The summed E-state index contributed by atoms with van der Waals surface area (Å²) < 4.78 is 0. The quantitative estimate of drug-likeness (QED) is 0.837. The van der Waals surface area contributed by atoms with Crippen molar-refractivity contribution in [3.8, 4) is 0 Å². The molecule has 2 aromatic rings. The maximum Gasteiger partial charge on any atom is 0.125 e. The van der Waals surface area contributed by atoms with E-state index in [9.17, 15) is 0 Å². The minimum absolute atomic E-state index is 0.716. The molecule has 4 nitrogen and oxygen atoms in total. The van der Waals surface area contributed by atoms with Crippen molar-refractivity contribution >= 4 is 0 Å². The van der Waals surface area contributed by atoms with E-state index in [1.165, 1.54) is 5.56 Å². The molecule has 2 rings (SSSR count). The predicted octanol–water partition coefficient (Wildman–Crippen LogP) is 2.14. The van der Waals surface area contributed by atoms with Crippen LogP contribution in [-0.2, 0) is 13.1 Å². The predicted molar refractivity (Wildman–Crippen MR) is 81.0 cm³/mol. The van der Waals surface area contributed by atoms with Crippen molar-refractivity contribution in [3.05, 3.63) is 59.7 Å². The molecular weight excluding hydrogens is 248 g/mol. The van der Waals surface area contributed by atoms with Gasteiger partial charge in [0.1, 0.15) is 5.82 Å². The highest BCUT2D eigenvalue weighted by molar-refractivity contribution is 5.14. The summed E-state index contributed by atoms with van der Waals surface area (Å²) in [6.07, 6.45) is 2.82. The van der Waals surface area contributed by atoms with Gasteiger partial charge in [0.05, 0.1) is 5.69 Å². The van der Waals surface area contributed by atoms with E-state index >= 15 is 0 Å². The van der Waals surface area contributed by atoms with Crippen molar-refractivity contribution in [3.63, 3.8) is 0 Å². The van der Waals surface area contributed by atoms with Crippen molar-refractivity contribution in [1.82, 2.24) is 14.9 Å². The number of aromatic nitrogens is 2. The Balaban J connectivity index is 2.03. The maximum atomic E-state index is 5.64. The third kappa shape index (κ3) is 4.72. The lowest BCUT2D eigenvalue weighted by atomic mass is 10.2. The molecule has 1 aromatic heterocycles. The number of hydrogen-bond acceptors (Lipinski definition) is 4. The summed E-state index contributed by atoms with van der Waals surface area (Å²) in [5.41, 5.74) is 8.01. The van der Waals surface area contributed by atoms with Gasteiger partial charge in [0, 0.05) is 25.8 Å². The van der Waals surface area contributed by atoms with E-state index in [2.05, 4.69) is 39.1 Å². The minimum atomic E-state index is 0.716. The number of nitrogens with two attached hydrogens (primary N) is 1. The summed E-state index contributed by atoms with van der Waals surface area (Å²) in [5.74, 6) is 0.820. The molecule has 0 aliphatic carbocycles. The molecule has 0 saturated carbocycles. The number of nitrogens with zero attached hydrogens (tertiary/aromatic N) is 3. The second kappa shape index (κ2) is 7.72. The summed E-state index contributed by atoms with van der Waals surface area (Å²) in [4.78, 5) is 11.0. The fourth-order valence-electron chi connectivity index (χ4n) is 2.19. The number of rotatable bonds is 7. The number of benzene rings is 1. The normalized spacial score (nSPS) is 10.9. The molecule has 0 saturated heterocycles. The smallest absolute Gasteiger partial charge is 0.125 e. The first kappa shape index (κ1) is 14.6. The maximum absolute atomic E-state index is 5.64. The molecule has 0 bridgehead atoms. The Bertz CT molecular complexity index is 513. The summed E-state index contributed by atoms with van der Waals surface area (Å²) in [6, 6.07) is 12.5. The van der Waals surface area contributed by atoms with Crippen LogP contribution in [0.25, 0.3) is 0 Å². The van der Waals surface area contributed by atoms with Gasteiger partial charge < -0.3 is 5.73 Å². The highest BCUT2D eigenvalue weighted by Gasteiger charge is 2.08. The van der Waals surface area contributed by atoms with E-state index < -0.39 is 0 Å². The van der Waals surface area contributed by atoms with Crippen molar-refractivity contribution in [2.75, 3.05) is 13.1 Å². The second-order valence-electron chi connectivity index (χ2n) is 4.93. The fourth-order valence-corrected chi connectivity index (χ4v) is 2.19. The van der Waals surface area contributed by atoms with E-state index in [4.69, 9.17) is 5.73 Å². The summed E-state index contributed by atoms with van der Waals surface area (Å²) in [7, 11) is 0. The van der Waals surface area contributed by atoms with Gasteiger partial charge in [0.25, 0.3) is 0 Å². The van der Waals surface area contributed by atoms with Crippen molar-refractivity contribution in [2.24, 2.45) is 5.73 Å². The number of hydrogen-bond donors (Lipinski definition) is 1. The molecule has 0 unspecified atom stereocenters. The third-order valence-electron chi connectivity index (χ3n) is 3.15. The van der Waals surface area contributed by atoms with Gasteiger partial charge in [-0.3, -0.25) is 4.90 Å². The lowest BCUT2D eigenvalue weighted by molar-refractivity contribution is 0.251. The van der Waals surface area contributed by atoms with Gasteiger partial charge in [0.15, 0.2) is 0 Å². The van der Waals surface area contributed by atoms with Gasteiger partial charge in [-0.2, -0.15) is 0 Å². The zero-order valence-electron chi connectivity index (χ0n) is 12.0. The molecule has 106 valence electrons. The minimum Gasteiger partial charge on any atom is -0.330 e. The zero-order valence-corrected chi connectivity index (χ0v) is 12.0. The number of aryl methyl sites for hydroxylation is 1. The van der Waals surface area contributed by atoms with E-state index in [1.54, 1.807) is 0 Å². The molecule has 0 spiro atoms. The molecule has 0 aliphatic rings. The van der Waals surface area contributed by atoms with Crippen LogP contribution in [-0.4, -0.2) is 28.0 Å². The Kier molecular flexibility index (Phi) is 5.65. The molecule has 0 aliphatic heterocycles. The van der Waals surface area contributed by atoms with Gasteiger partial charge in [-0.05, 0) is 31.5 Å². The van der Waals surface area contributed by atoms with Crippen LogP contribution in [0.2, 0.25) is 0 Å². The van der Waals surface area contributed by atoms with Crippen LogP contribution < -0.4 is 5.73 Å². The lowest BCUT2D eigenvalue weighted by Crippen LogP contribution is -2.26. The summed E-state index contributed by atoms with van der Waals surface area (Å²) in [6.45, 7) is 5.37. The summed E-state index contributed by atoms with van der Waals surface area (Å²) >= 11 is 0. The molecule has 0 radical (unpaired) electrons. The Labute approximate surface area is 120 Å². The molecule has 2 N–H and O–H groups in total. The first-order chi connectivity index (χ1) is 9.78. The van der Waals surface area contributed by atoms with Crippen LogP contribution >= 0.6 is 0 Å².